The third-order valence-electron chi connectivity index (χ3n) is 2.45. The summed E-state index contributed by atoms with van der Waals surface area (Å²) in [5, 5.41) is 4.75. The molecule has 0 aliphatic carbocycles. The Kier molecular flexibility index (Phi) is 6.86. The Morgan fingerprint density at radius 2 is 1.90 bits per heavy atom. The molecule has 0 heterocycles. The first-order valence-electron chi connectivity index (χ1n) is 6.49. The van der Waals surface area contributed by atoms with Gasteiger partial charge >= 0.3 is 5.97 Å². The molecule has 0 aliphatic rings. The van der Waals surface area contributed by atoms with E-state index < -0.39 is 36.8 Å². The SMILES string of the molecule is CCCNC(=O)COC(=O)CNC(=O)c1ccccc1F. The molecular formula is C14H17FN2O4. The lowest BCUT2D eigenvalue weighted by molar-refractivity contribution is -0.147. The molecule has 0 bridgehead atoms. The minimum atomic E-state index is -0.772. The van der Waals surface area contributed by atoms with E-state index in [1.165, 1.54) is 18.2 Å². The molecular weight excluding hydrogens is 279 g/mol. The number of carbonyl (C=O) groups is 3. The lowest BCUT2D eigenvalue weighted by atomic mass is 10.2. The van der Waals surface area contributed by atoms with E-state index >= 15 is 0 Å². The maximum atomic E-state index is 13.3. The van der Waals surface area contributed by atoms with Gasteiger partial charge in [0, 0.05) is 6.54 Å². The largest absolute Gasteiger partial charge is 0.454 e. The lowest BCUT2D eigenvalue weighted by Crippen LogP contribution is -2.34. The zero-order valence-corrected chi connectivity index (χ0v) is 11.6. The Balaban J connectivity index is 2.32. The molecule has 0 unspecified atom stereocenters. The highest BCUT2D eigenvalue weighted by atomic mass is 19.1. The molecule has 0 fully saturated rings. The average Bonchev–Trinajstić information content (AvgIpc) is 2.48. The molecule has 0 atom stereocenters. The van der Waals surface area contributed by atoms with E-state index in [1.807, 2.05) is 6.92 Å². The number of hydrogen-bond donors (Lipinski definition) is 2. The van der Waals surface area contributed by atoms with E-state index in [0.29, 0.717) is 6.54 Å². The van der Waals surface area contributed by atoms with Crippen molar-refractivity contribution in [3.63, 3.8) is 0 Å². The third-order valence-corrected chi connectivity index (χ3v) is 2.45. The van der Waals surface area contributed by atoms with Crippen molar-refractivity contribution >= 4 is 17.8 Å². The van der Waals surface area contributed by atoms with Crippen LogP contribution in [0.25, 0.3) is 0 Å². The molecule has 2 amide bonds. The maximum absolute atomic E-state index is 13.3. The van der Waals surface area contributed by atoms with Gasteiger partial charge in [0.25, 0.3) is 11.8 Å². The molecule has 6 nitrogen and oxygen atoms in total. The Hall–Kier alpha value is -2.44. The highest BCUT2D eigenvalue weighted by molar-refractivity contribution is 5.96. The molecule has 0 spiro atoms. The Labute approximate surface area is 121 Å². The number of amides is 2. The van der Waals surface area contributed by atoms with Gasteiger partial charge in [-0.15, -0.1) is 0 Å². The molecule has 0 saturated carbocycles. The smallest absolute Gasteiger partial charge is 0.325 e. The fourth-order valence-corrected chi connectivity index (χ4v) is 1.41. The summed E-state index contributed by atoms with van der Waals surface area (Å²) < 4.78 is 18.0. The van der Waals surface area contributed by atoms with E-state index in [-0.39, 0.29) is 5.56 Å². The summed E-state index contributed by atoms with van der Waals surface area (Å²) in [6, 6.07) is 5.41. The van der Waals surface area contributed by atoms with Gasteiger partial charge in [0.15, 0.2) is 6.61 Å². The van der Waals surface area contributed by atoms with Crippen LogP contribution in [0.4, 0.5) is 4.39 Å². The van der Waals surface area contributed by atoms with Crippen LogP contribution >= 0.6 is 0 Å². The third kappa shape index (κ3) is 6.03. The molecule has 0 saturated heterocycles. The van der Waals surface area contributed by atoms with Gasteiger partial charge in [0.2, 0.25) is 0 Å². The topological polar surface area (TPSA) is 84.5 Å². The zero-order chi connectivity index (χ0) is 15.7. The van der Waals surface area contributed by atoms with Crippen molar-refractivity contribution in [2.75, 3.05) is 19.7 Å². The quantitative estimate of drug-likeness (QED) is 0.723. The number of carbonyl (C=O) groups excluding carboxylic acids is 3. The summed E-state index contributed by atoms with van der Waals surface area (Å²) >= 11 is 0. The predicted octanol–water partition coefficient (Wildman–Crippen LogP) is 0.625. The van der Waals surface area contributed by atoms with Crippen molar-refractivity contribution in [1.82, 2.24) is 10.6 Å². The summed E-state index contributed by atoms with van der Waals surface area (Å²) in [7, 11) is 0. The summed E-state index contributed by atoms with van der Waals surface area (Å²) in [5.41, 5.74) is -0.161. The maximum Gasteiger partial charge on any atom is 0.325 e. The van der Waals surface area contributed by atoms with Crippen molar-refractivity contribution in [2.45, 2.75) is 13.3 Å². The molecule has 114 valence electrons. The number of benzene rings is 1. The number of ether oxygens (including phenoxy) is 1. The zero-order valence-electron chi connectivity index (χ0n) is 11.6. The Morgan fingerprint density at radius 1 is 1.19 bits per heavy atom. The summed E-state index contributed by atoms with van der Waals surface area (Å²) in [6.45, 7) is 1.55. The van der Waals surface area contributed by atoms with E-state index in [4.69, 9.17) is 0 Å². The first kappa shape index (κ1) is 16.6. The Morgan fingerprint density at radius 3 is 2.57 bits per heavy atom. The van der Waals surface area contributed by atoms with Gasteiger partial charge in [0.05, 0.1) is 5.56 Å². The fraction of sp³-hybridized carbons (Fsp3) is 0.357. The van der Waals surface area contributed by atoms with E-state index in [2.05, 4.69) is 15.4 Å². The number of rotatable bonds is 7. The van der Waals surface area contributed by atoms with E-state index in [9.17, 15) is 18.8 Å². The van der Waals surface area contributed by atoms with Crippen LogP contribution in [-0.4, -0.2) is 37.5 Å². The van der Waals surface area contributed by atoms with Crippen molar-refractivity contribution in [2.24, 2.45) is 0 Å². The lowest BCUT2D eigenvalue weighted by Gasteiger charge is -2.07. The van der Waals surface area contributed by atoms with Crippen LogP contribution in [0.15, 0.2) is 24.3 Å². The summed E-state index contributed by atoms with van der Waals surface area (Å²) in [5.74, 6) is -2.58. The van der Waals surface area contributed by atoms with Gasteiger partial charge in [-0.3, -0.25) is 14.4 Å². The summed E-state index contributed by atoms with van der Waals surface area (Å²) in [6.07, 6.45) is 0.776. The highest BCUT2D eigenvalue weighted by Crippen LogP contribution is 2.05. The van der Waals surface area contributed by atoms with Gasteiger partial charge < -0.3 is 15.4 Å². The second kappa shape index (κ2) is 8.68. The molecule has 2 N–H and O–H groups in total. The van der Waals surface area contributed by atoms with Crippen LogP contribution in [0.1, 0.15) is 23.7 Å². The van der Waals surface area contributed by atoms with Crippen LogP contribution in [0.2, 0.25) is 0 Å². The van der Waals surface area contributed by atoms with Gasteiger partial charge in [-0.2, -0.15) is 0 Å². The van der Waals surface area contributed by atoms with E-state index in [1.54, 1.807) is 0 Å². The van der Waals surface area contributed by atoms with Gasteiger partial charge in [-0.1, -0.05) is 19.1 Å². The Bertz CT molecular complexity index is 519. The van der Waals surface area contributed by atoms with Gasteiger partial charge in [-0.05, 0) is 18.6 Å². The number of hydrogen-bond acceptors (Lipinski definition) is 4. The second-order valence-corrected chi connectivity index (χ2v) is 4.17. The van der Waals surface area contributed by atoms with Crippen LogP contribution in [0, 0.1) is 5.82 Å². The monoisotopic (exact) mass is 296 g/mol. The first-order chi connectivity index (χ1) is 10.0. The van der Waals surface area contributed by atoms with Crippen molar-refractivity contribution < 1.29 is 23.5 Å². The molecule has 0 aliphatic heterocycles. The number of nitrogens with one attached hydrogen (secondary N) is 2. The predicted molar refractivity (Wildman–Crippen MR) is 73.0 cm³/mol. The molecule has 0 aromatic heterocycles. The molecule has 21 heavy (non-hydrogen) atoms. The van der Waals surface area contributed by atoms with Crippen LogP contribution in [0.3, 0.4) is 0 Å². The molecule has 1 aromatic rings. The minimum absolute atomic E-state index is 0.161. The number of halogens is 1. The van der Waals surface area contributed by atoms with Crippen LogP contribution in [-0.2, 0) is 14.3 Å². The minimum Gasteiger partial charge on any atom is -0.454 e. The van der Waals surface area contributed by atoms with Crippen LogP contribution in [0.5, 0.6) is 0 Å². The van der Waals surface area contributed by atoms with Crippen molar-refractivity contribution in [3.8, 4) is 0 Å². The molecule has 1 rings (SSSR count). The average molecular weight is 296 g/mol. The highest BCUT2D eigenvalue weighted by Gasteiger charge is 2.13. The standard InChI is InChI=1S/C14H17FN2O4/c1-2-7-16-12(18)9-21-13(19)8-17-14(20)10-5-3-4-6-11(10)15/h3-6H,2,7-9H2,1H3,(H,16,18)(H,17,20). The summed E-state index contributed by atoms with van der Waals surface area (Å²) in [4.78, 5) is 34.1. The molecule has 1 aromatic carbocycles. The van der Waals surface area contributed by atoms with Crippen LogP contribution < -0.4 is 10.6 Å². The second-order valence-electron chi connectivity index (χ2n) is 4.17. The van der Waals surface area contributed by atoms with Gasteiger partial charge in [0.1, 0.15) is 12.4 Å². The first-order valence-corrected chi connectivity index (χ1v) is 6.49. The van der Waals surface area contributed by atoms with Gasteiger partial charge in [-0.25, -0.2) is 4.39 Å². The normalized spacial score (nSPS) is 9.81. The molecule has 7 heteroatoms. The van der Waals surface area contributed by atoms with E-state index in [0.717, 1.165) is 12.5 Å². The van der Waals surface area contributed by atoms with Crippen molar-refractivity contribution in [3.05, 3.63) is 35.6 Å². The number of esters is 1. The molecule has 0 radical (unpaired) electrons. The van der Waals surface area contributed by atoms with Crippen molar-refractivity contribution in [1.29, 1.82) is 0 Å². The fourth-order valence-electron chi connectivity index (χ4n) is 1.41.